The molecule has 0 amide bonds. The minimum absolute atomic E-state index is 0.371. The van der Waals surface area contributed by atoms with Crippen molar-refractivity contribution in [1.82, 2.24) is 0 Å². The van der Waals surface area contributed by atoms with Gasteiger partial charge in [0.15, 0.2) is 5.75 Å². The molecule has 2 nitrogen and oxygen atoms in total. The van der Waals surface area contributed by atoms with Crippen LogP contribution in [0, 0.1) is 0 Å². The van der Waals surface area contributed by atoms with Gasteiger partial charge in [0, 0.05) is 0 Å². The van der Waals surface area contributed by atoms with Crippen molar-refractivity contribution in [3.8, 4) is 5.75 Å². The van der Waals surface area contributed by atoms with E-state index in [1.165, 1.54) is 5.56 Å². The molecule has 0 heterocycles. The molecule has 0 saturated carbocycles. The summed E-state index contributed by atoms with van der Waals surface area (Å²) in [6.07, 6.45) is 0. The number of esters is 1. The molecule has 20 heavy (non-hydrogen) atoms. The fourth-order valence-corrected chi connectivity index (χ4v) is 3.12. The van der Waals surface area contributed by atoms with Gasteiger partial charge in [0.25, 0.3) is 0 Å². The van der Waals surface area contributed by atoms with Crippen LogP contribution in [-0.4, -0.2) is 5.97 Å². The van der Waals surface area contributed by atoms with Gasteiger partial charge in [-0.05, 0) is 67.6 Å². The summed E-state index contributed by atoms with van der Waals surface area (Å²) in [5.74, 6) is 0.536. The van der Waals surface area contributed by atoms with E-state index in [-0.39, 0.29) is 5.97 Å². The molecule has 4 heteroatoms. The second-order valence-corrected chi connectivity index (χ2v) is 6.43. The molecule has 0 aliphatic rings. The number of rotatable bonds is 3. The molecular weight excluding hydrogens is 384 g/mol. The average molecular weight is 398 g/mol. The Morgan fingerprint density at radius 3 is 2.10 bits per heavy atom. The van der Waals surface area contributed by atoms with Crippen LogP contribution in [0.1, 0.15) is 35.7 Å². The molecule has 0 radical (unpaired) electrons. The fraction of sp³-hybridized carbons (Fsp3) is 0.188. The summed E-state index contributed by atoms with van der Waals surface area (Å²) in [4.78, 5) is 12.1. The summed E-state index contributed by atoms with van der Waals surface area (Å²) in [6.45, 7) is 4.23. The Labute approximate surface area is 135 Å². The lowest BCUT2D eigenvalue weighted by molar-refractivity contribution is 0.0732. The van der Waals surface area contributed by atoms with Crippen LogP contribution in [0.2, 0.25) is 0 Å². The van der Waals surface area contributed by atoms with E-state index in [0.717, 1.165) is 8.95 Å². The third-order valence-corrected chi connectivity index (χ3v) is 4.07. The van der Waals surface area contributed by atoms with Gasteiger partial charge in [-0.25, -0.2) is 4.79 Å². The van der Waals surface area contributed by atoms with Gasteiger partial charge in [0.05, 0.1) is 14.5 Å². The first-order valence-electron chi connectivity index (χ1n) is 6.25. The Bertz CT molecular complexity index is 599. The number of hydrogen-bond acceptors (Lipinski definition) is 2. The molecule has 2 rings (SSSR count). The molecule has 2 aromatic carbocycles. The summed E-state index contributed by atoms with van der Waals surface area (Å²) < 4.78 is 6.99. The van der Waals surface area contributed by atoms with E-state index in [9.17, 15) is 4.79 Å². The number of carbonyl (C=O) groups is 1. The topological polar surface area (TPSA) is 26.3 Å². The van der Waals surface area contributed by atoms with Crippen molar-refractivity contribution in [2.45, 2.75) is 19.8 Å². The van der Waals surface area contributed by atoms with Crippen LogP contribution in [-0.2, 0) is 0 Å². The van der Waals surface area contributed by atoms with E-state index >= 15 is 0 Å². The Kier molecular flexibility index (Phi) is 5.00. The van der Waals surface area contributed by atoms with Gasteiger partial charge >= 0.3 is 5.97 Å². The van der Waals surface area contributed by atoms with Gasteiger partial charge < -0.3 is 4.74 Å². The van der Waals surface area contributed by atoms with Gasteiger partial charge in [0.2, 0.25) is 0 Å². The summed E-state index contributed by atoms with van der Waals surface area (Å²) in [5, 5.41) is 0. The second kappa shape index (κ2) is 6.55. The van der Waals surface area contributed by atoms with Gasteiger partial charge in [0.1, 0.15) is 0 Å². The standard InChI is InChI=1S/C16H14Br2O2/c1-10(2)12-8-13(17)15(14(18)9-12)20-16(19)11-6-4-3-5-7-11/h3-10H,1-2H3. The fourth-order valence-electron chi connectivity index (χ4n) is 1.74. The maximum Gasteiger partial charge on any atom is 0.343 e. The highest BCUT2D eigenvalue weighted by Gasteiger charge is 2.15. The van der Waals surface area contributed by atoms with Crippen molar-refractivity contribution in [3.05, 3.63) is 62.5 Å². The number of benzene rings is 2. The van der Waals surface area contributed by atoms with Gasteiger partial charge in [-0.1, -0.05) is 32.0 Å². The maximum atomic E-state index is 12.1. The van der Waals surface area contributed by atoms with Crippen LogP contribution in [0.5, 0.6) is 5.75 Å². The highest BCUT2D eigenvalue weighted by atomic mass is 79.9. The van der Waals surface area contributed by atoms with Gasteiger partial charge in [-0.2, -0.15) is 0 Å². The lowest BCUT2D eigenvalue weighted by Gasteiger charge is -2.12. The van der Waals surface area contributed by atoms with Crippen molar-refractivity contribution in [3.63, 3.8) is 0 Å². The minimum Gasteiger partial charge on any atom is -0.421 e. The normalized spacial score (nSPS) is 10.7. The molecule has 0 spiro atoms. The quantitative estimate of drug-likeness (QED) is 0.501. The first-order valence-corrected chi connectivity index (χ1v) is 7.84. The largest absolute Gasteiger partial charge is 0.421 e. The molecular formula is C16H14Br2O2. The second-order valence-electron chi connectivity index (χ2n) is 4.72. The van der Waals surface area contributed by atoms with E-state index in [2.05, 4.69) is 45.7 Å². The van der Waals surface area contributed by atoms with E-state index in [1.807, 2.05) is 30.3 Å². The Hall–Kier alpha value is -1.13. The SMILES string of the molecule is CC(C)c1cc(Br)c(OC(=O)c2ccccc2)c(Br)c1. The lowest BCUT2D eigenvalue weighted by Crippen LogP contribution is -2.09. The summed E-state index contributed by atoms with van der Waals surface area (Å²) in [6, 6.07) is 12.9. The van der Waals surface area contributed by atoms with Crippen molar-refractivity contribution >= 4 is 37.8 Å². The maximum absolute atomic E-state index is 12.1. The minimum atomic E-state index is -0.371. The van der Waals surface area contributed by atoms with Crippen LogP contribution in [0.3, 0.4) is 0 Å². The monoisotopic (exact) mass is 396 g/mol. The zero-order valence-corrected chi connectivity index (χ0v) is 14.4. The number of ether oxygens (including phenoxy) is 1. The molecule has 104 valence electrons. The predicted molar refractivity (Wildman–Crippen MR) is 87.3 cm³/mol. The third-order valence-electron chi connectivity index (χ3n) is 2.89. The molecule has 0 unspecified atom stereocenters. The third kappa shape index (κ3) is 3.49. The Morgan fingerprint density at radius 1 is 1.05 bits per heavy atom. The van der Waals surface area contributed by atoms with E-state index in [1.54, 1.807) is 12.1 Å². The molecule has 0 fully saturated rings. The van der Waals surface area contributed by atoms with Gasteiger partial charge in [-0.3, -0.25) is 0 Å². The first kappa shape index (κ1) is 15.3. The van der Waals surface area contributed by atoms with Crippen LogP contribution >= 0.6 is 31.9 Å². The van der Waals surface area contributed by atoms with Crippen molar-refractivity contribution in [2.24, 2.45) is 0 Å². The zero-order chi connectivity index (χ0) is 14.7. The molecule has 0 bridgehead atoms. The molecule has 0 aromatic heterocycles. The predicted octanol–water partition coefficient (Wildman–Crippen LogP) is 5.55. The highest BCUT2D eigenvalue weighted by molar-refractivity contribution is 9.11. The smallest absolute Gasteiger partial charge is 0.343 e. The van der Waals surface area contributed by atoms with Crippen molar-refractivity contribution in [1.29, 1.82) is 0 Å². The molecule has 2 aromatic rings. The molecule has 0 atom stereocenters. The summed E-state index contributed by atoms with van der Waals surface area (Å²) in [5.41, 5.74) is 1.70. The summed E-state index contributed by atoms with van der Waals surface area (Å²) in [7, 11) is 0. The van der Waals surface area contributed by atoms with Crippen LogP contribution in [0.25, 0.3) is 0 Å². The molecule has 0 saturated heterocycles. The van der Waals surface area contributed by atoms with Crippen molar-refractivity contribution < 1.29 is 9.53 Å². The van der Waals surface area contributed by atoms with E-state index in [4.69, 9.17) is 4.74 Å². The molecule has 0 aliphatic heterocycles. The highest BCUT2D eigenvalue weighted by Crippen LogP contribution is 2.37. The number of hydrogen-bond donors (Lipinski definition) is 0. The van der Waals surface area contributed by atoms with Crippen LogP contribution in [0.15, 0.2) is 51.4 Å². The first-order chi connectivity index (χ1) is 9.49. The zero-order valence-electron chi connectivity index (χ0n) is 11.2. The van der Waals surface area contributed by atoms with Gasteiger partial charge in [-0.15, -0.1) is 0 Å². The summed E-state index contributed by atoms with van der Waals surface area (Å²) >= 11 is 6.92. The van der Waals surface area contributed by atoms with Crippen LogP contribution < -0.4 is 4.74 Å². The van der Waals surface area contributed by atoms with E-state index in [0.29, 0.717) is 17.2 Å². The number of carbonyl (C=O) groups excluding carboxylic acids is 1. The Balaban J connectivity index is 2.28. The van der Waals surface area contributed by atoms with E-state index < -0.39 is 0 Å². The number of halogens is 2. The molecule has 0 N–H and O–H groups in total. The molecule has 0 aliphatic carbocycles. The average Bonchev–Trinajstić information content (AvgIpc) is 2.43. The lowest BCUT2D eigenvalue weighted by atomic mass is 10.0. The van der Waals surface area contributed by atoms with Crippen molar-refractivity contribution in [2.75, 3.05) is 0 Å². The van der Waals surface area contributed by atoms with Crippen LogP contribution in [0.4, 0.5) is 0 Å². The Morgan fingerprint density at radius 2 is 1.60 bits per heavy atom.